The van der Waals surface area contributed by atoms with Crippen molar-refractivity contribution in [2.75, 3.05) is 18.0 Å². The minimum absolute atomic E-state index is 0.154. The van der Waals surface area contributed by atoms with Crippen LogP contribution >= 0.6 is 0 Å². The smallest absolute Gasteiger partial charge is 0.268 e. The average Bonchev–Trinajstić information content (AvgIpc) is 2.28. The maximum atomic E-state index is 11.0. The molecule has 2 unspecified atom stereocenters. The Labute approximate surface area is 101 Å². The highest BCUT2D eigenvalue weighted by Crippen LogP contribution is 2.18. The highest BCUT2D eigenvalue weighted by atomic mass is 16.5. The van der Waals surface area contributed by atoms with Crippen molar-refractivity contribution >= 4 is 11.7 Å². The average molecular weight is 234 g/mol. The van der Waals surface area contributed by atoms with Crippen LogP contribution in [0.5, 0.6) is 0 Å². The topological polar surface area (TPSA) is 68.5 Å². The molecule has 2 heterocycles. The number of anilines is 1. The largest absolute Gasteiger partial charge is 0.372 e. The number of morpholine rings is 1. The van der Waals surface area contributed by atoms with Crippen molar-refractivity contribution in [3.05, 3.63) is 23.9 Å². The Balaban J connectivity index is 2.21. The molecule has 1 aromatic heterocycles. The summed E-state index contributed by atoms with van der Waals surface area (Å²) < 4.78 is 5.65. The number of ether oxygens (including phenoxy) is 1. The van der Waals surface area contributed by atoms with Crippen molar-refractivity contribution in [3.63, 3.8) is 0 Å². The third-order valence-corrected chi connectivity index (χ3v) is 2.66. The van der Waals surface area contributed by atoms with Gasteiger partial charge in [0.05, 0.1) is 12.2 Å². The van der Waals surface area contributed by atoms with E-state index in [1.54, 1.807) is 6.07 Å². The van der Waals surface area contributed by atoms with Gasteiger partial charge in [0, 0.05) is 19.2 Å². The predicted molar refractivity (Wildman–Crippen MR) is 63.8 cm³/mol. The molecular formula is C12H16N3O2. The van der Waals surface area contributed by atoms with E-state index in [-0.39, 0.29) is 17.9 Å². The minimum Gasteiger partial charge on any atom is -0.372 e. The van der Waals surface area contributed by atoms with Crippen molar-refractivity contribution in [1.29, 1.82) is 0 Å². The van der Waals surface area contributed by atoms with Crippen LogP contribution in [-0.2, 0) is 4.74 Å². The summed E-state index contributed by atoms with van der Waals surface area (Å²) in [6.45, 7) is 5.57. The number of nitrogens with two attached hydrogens (primary N) is 1. The molecule has 0 spiro atoms. The second-order valence-corrected chi connectivity index (χ2v) is 4.32. The number of carbonyl (C=O) groups excluding carboxylic acids is 1. The summed E-state index contributed by atoms with van der Waals surface area (Å²) in [6, 6.07) is 6.23. The molecule has 2 N–H and O–H groups in total. The zero-order valence-electron chi connectivity index (χ0n) is 10.0. The fraction of sp³-hybridized carbons (Fsp3) is 0.500. The van der Waals surface area contributed by atoms with Gasteiger partial charge in [-0.05, 0) is 26.0 Å². The van der Waals surface area contributed by atoms with Gasteiger partial charge in [-0.25, -0.2) is 4.98 Å². The molecule has 0 aromatic carbocycles. The maximum absolute atomic E-state index is 11.0. The molecule has 5 heteroatoms. The fourth-order valence-corrected chi connectivity index (χ4v) is 2.05. The number of nitrogens with zero attached hydrogens (tertiary/aromatic N) is 2. The zero-order valence-corrected chi connectivity index (χ0v) is 10.0. The standard InChI is InChI=1S/C12H16N3O2/c1-8-6-15(7-9(2)17-8)11-5-3-4-10(14-11)12(13)16/h3,5,8-9H,6-7H2,1-2H3,(H2,13,16). The molecule has 5 nitrogen and oxygen atoms in total. The molecule has 17 heavy (non-hydrogen) atoms. The van der Waals surface area contributed by atoms with E-state index < -0.39 is 5.91 Å². The van der Waals surface area contributed by atoms with Crippen LogP contribution in [0.25, 0.3) is 0 Å². The van der Waals surface area contributed by atoms with Gasteiger partial charge in [0.15, 0.2) is 0 Å². The van der Waals surface area contributed by atoms with E-state index in [2.05, 4.69) is 16.0 Å². The summed E-state index contributed by atoms with van der Waals surface area (Å²) >= 11 is 0. The van der Waals surface area contributed by atoms with E-state index in [1.165, 1.54) is 0 Å². The lowest BCUT2D eigenvalue weighted by molar-refractivity contribution is -0.00546. The molecule has 2 rings (SSSR count). The number of hydrogen-bond donors (Lipinski definition) is 1. The highest BCUT2D eigenvalue weighted by molar-refractivity contribution is 5.90. The Morgan fingerprint density at radius 1 is 1.53 bits per heavy atom. The zero-order chi connectivity index (χ0) is 12.4. The number of carbonyl (C=O) groups is 1. The SMILES string of the molecule is CC1CN(c2cc[c]c(C(N)=O)n2)CC(C)O1. The Bertz CT molecular complexity index is 412. The summed E-state index contributed by atoms with van der Waals surface area (Å²) in [5.41, 5.74) is 5.37. The molecule has 1 aliphatic rings. The summed E-state index contributed by atoms with van der Waals surface area (Å²) in [4.78, 5) is 17.4. The first-order valence-electron chi connectivity index (χ1n) is 5.65. The first-order chi connectivity index (χ1) is 8.06. The Hall–Kier alpha value is -1.62. The van der Waals surface area contributed by atoms with Gasteiger partial charge >= 0.3 is 0 Å². The lowest BCUT2D eigenvalue weighted by atomic mass is 10.2. The Morgan fingerprint density at radius 2 is 2.18 bits per heavy atom. The van der Waals surface area contributed by atoms with Gasteiger partial charge in [-0.2, -0.15) is 0 Å². The molecule has 1 radical (unpaired) electrons. The van der Waals surface area contributed by atoms with Crippen molar-refractivity contribution in [2.45, 2.75) is 26.1 Å². The Morgan fingerprint density at radius 3 is 2.76 bits per heavy atom. The van der Waals surface area contributed by atoms with Gasteiger partial charge in [0.2, 0.25) is 0 Å². The van der Waals surface area contributed by atoms with E-state index in [4.69, 9.17) is 10.5 Å². The number of rotatable bonds is 2. The molecule has 1 aromatic rings. The molecule has 1 aliphatic heterocycles. The number of amides is 1. The van der Waals surface area contributed by atoms with Crippen molar-refractivity contribution in [3.8, 4) is 0 Å². The van der Waals surface area contributed by atoms with Crippen LogP contribution in [0.3, 0.4) is 0 Å². The second-order valence-electron chi connectivity index (χ2n) is 4.32. The molecule has 1 saturated heterocycles. The van der Waals surface area contributed by atoms with E-state index in [0.29, 0.717) is 0 Å². The van der Waals surface area contributed by atoms with Gasteiger partial charge in [0.1, 0.15) is 11.5 Å². The molecule has 0 aliphatic carbocycles. The lowest BCUT2D eigenvalue weighted by Gasteiger charge is -2.36. The van der Waals surface area contributed by atoms with Crippen LogP contribution in [0.1, 0.15) is 24.3 Å². The molecular weight excluding hydrogens is 218 g/mol. The number of pyridine rings is 1. The lowest BCUT2D eigenvalue weighted by Crippen LogP contribution is -2.46. The third kappa shape index (κ3) is 2.74. The molecule has 2 atom stereocenters. The number of aromatic nitrogens is 1. The molecule has 1 amide bonds. The first kappa shape index (κ1) is 11.9. The van der Waals surface area contributed by atoms with Crippen LogP contribution in [0.4, 0.5) is 5.82 Å². The van der Waals surface area contributed by atoms with Crippen LogP contribution in [0.15, 0.2) is 12.1 Å². The minimum atomic E-state index is -0.554. The fourth-order valence-electron chi connectivity index (χ4n) is 2.05. The van der Waals surface area contributed by atoms with Crippen molar-refractivity contribution in [1.82, 2.24) is 4.98 Å². The Kier molecular flexibility index (Phi) is 3.28. The first-order valence-corrected chi connectivity index (χ1v) is 5.65. The van der Waals surface area contributed by atoms with E-state index in [1.807, 2.05) is 19.9 Å². The van der Waals surface area contributed by atoms with E-state index >= 15 is 0 Å². The summed E-state index contributed by atoms with van der Waals surface area (Å²) in [5.74, 6) is 0.195. The normalized spacial score (nSPS) is 24.7. The molecule has 91 valence electrons. The van der Waals surface area contributed by atoms with Crippen molar-refractivity contribution in [2.24, 2.45) is 5.73 Å². The maximum Gasteiger partial charge on any atom is 0.268 e. The van der Waals surface area contributed by atoms with Crippen LogP contribution in [0.2, 0.25) is 0 Å². The number of primary amides is 1. The molecule has 0 bridgehead atoms. The molecule has 1 fully saturated rings. The number of hydrogen-bond acceptors (Lipinski definition) is 4. The van der Waals surface area contributed by atoms with Crippen LogP contribution in [-0.4, -0.2) is 36.2 Å². The molecule has 0 saturated carbocycles. The summed E-state index contributed by atoms with van der Waals surface area (Å²) in [7, 11) is 0. The van der Waals surface area contributed by atoms with Crippen molar-refractivity contribution < 1.29 is 9.53 Å². The highest BCUT2D eigenvalue weighted by Gasteiger charge is 2.23. The van der Waals surface area contributed by atoms with E-state index in [0.717, 1.165) is 18.9 Å². The predicted octanol–water partition coefficient (Wildman–Crippen LogP) is 0.594. The van der Waals surface area contributed by atoms with Gasteiger partial charge in [-0.15, -0.1) is 0 Å². The quantitative estimate of drug-likeness (QED) is 0.813. The van der Waals surface area contributed by atoms with Crippen LogP contribution < -0.4 is 10.6 Å². The summed E-state index contributed by atoms with van der Waals surface area (Å²) in [6.07, 6.45) is 0.309. The van der Waals surface area contributed by atoms with Crippen LogP contribution in [0, 0.1) is 6.07 Å². The van der Waals surface area contributed by atoms with Gasteiger partial charge in [0.25, 0.3) is 5.91 Å². The van der Waals surface area contributed by atoms with Gasteiger partial charge < -0.3 is 15.4 Å². The van der Waals surface area contributed by atoms with Gasteiger partial charge in [-0.1, -0.05) is 0 Å². The monoisotopic (exact) mass is 234 g/mol. The van der Waals surface area contributed by atoms with E-state index in [9.17, 15) is 4.79 Å². The third-order valence-electron chi connectivity index (χ3n) is 2.66. The van der Waals surface area contributed by atoms with Gasteiger partial charge in [-0.3, -0.25) is 4.79 Å². The summed E-state index contributed by atoms with van der Waals surface area (Å²) in [5, 5.41) is 0. The second kappa shape index (κ2) is 4.71.